The van der Waals surface area contributed by atoms with Gasteiger partial charge in [0.25, 0.3) is 5.91 Å². The molecule has 1 aliphatic rings. The van der Waals surface area contributed by atoms with Crippen LogP contribution >= 0.6 is 0 Å². The van der Waals surface area contributed by atoms with E-state index in [2.05, 4.69) is 10.3 Å². The molecule has 5 heteroatoms. The first-order chi connectivity index (χ1) is 9.66. The Kier molecular flexibility index (Phi) is 3.28. The molecule has 2 N–H and O–H groups in total. The molecule has 5 nitrogen and oxygen atoms in total. The Morgan fingerprint density at radius 3 is 2.95 bits per heavy atom. The second kappa shape index (κ2) is 5.09. The van der Waals surface area contributed by atoms with Crippen molar-refractivity contribution in [1.82, 2.24) is 15.2 Å². The van der Waals surface area contributed by atoms with Gasteiger partial charge in [0.1, 0.15) is 0 Å². The van der Waals surface area contributed by atoms with Crippen LogP contribution in [-0.4, -0.2) is 41.5 Å². The van der Waals surface area contributed by atoms with E-state index >= 15 is 0 Å². The molecular weight excluding hydrogens is 254 g/mol. The minimum Gasteiger partial charge on any atom is -0.333 e. The lowest BCUT2D eigenvalue weighted by atomic mass is 10.1. The Bertz CT molecular complexity index is 708. The summed E-state index contributed by atoms with van der Waals surface area (Å²) in [6.45, 7) is 4.25. The SMILES string of the molecule is CC1CNCCN1C(=O)c1cc(=O)[nH]c2ccccc12. The van der Waals surface area contributed by atoms with Crippen molar-refractivity contribution in [2.45, 2.75) is 13.0 Å². The summed E-state index contributed by atoms with van der Waals surface area (Å²) in [7, 11) is 0. The number of fused-ring (bicyclic) bond motifs is 1. The van der Waals surface area contributed by atoms with Gasteiger partial charge in [0.2, 0.25) is 5.56 Å². The highest BCUT2D eigenvalue weighted by atomic mass is 16.2. The molecule has 1 amide bonds. The minimum absolute atomic E-state index is 0.0682. The molecular formula is C15H17N3O2. The number of carbonyl (C=O) groups excluding carboxylic acids is 1. The highest BCUT2D eigenvalue weighted by molar-refractivity contribution is 6.06. The van der Waals surface area contributed by atoms with Gasteiger partial charge < -0.3 is 15.2 Å². The van der Waals surface area contributed by atoms with Gasteiger partial charge in [-0.05, 0) is 13.0 Å². The van der Waals surface area contributed by atoms with Crippen molar-refractivity contribution < 1.29 is 4.79 Å². The number of H-pyrrole nitrogens is 1. The maximum absolute atomic E-state index is 12.7. The first-order valence-corrected chi connectivity index (χ1v) is 6.80. The second-order valence-electron chi connectivity index (χ2n) is 5.14. The minimum atomic E-state index is -0.241. The number of aromatic amines is 1. The van der Waals surface area contributed by atoms with Crippen LogP contribution in [0, 0.1) is 0 Å². The zero-order valence-corrected chi connectivity index (χ0v) is 11.3. The van der Waals surface area contributed by atoms with Crippen LogP contribution < -0.4 is 10.9 Å². The zero-order chi connectivity index (χ0) is 14.1. The Labute approximate surface area is 116 Å². The summed E-state index contributed by atoms with van der Waals surface area (Å²) in [4.78, 5) is 29.0. The molecule has 0 saturated carbocycles. The quantitative estimate of drug-likeness (QED) is 0.812. The number of pyridine rings is 1. The lowest BCUT2D eigenvalue weighted by Crippen LogP contribution is -2.52. The van der Waals surface area contributed by atoms with E-state index < -0.39 is 0 Å². The largest absolute Gasteiger partial charge is 0.333 e. The maximum atomic E-state index is 12.7. The van der Waals surface area contributed by atoms with E-state index in [1.807, 2.05) is 36.1 Å². The van der Waals surface area contributed by atoms with Crippen molar-refractivity contribution >= 4 is 16.8 Å². The van der Waals surface area contributed by atoms with Gasteiger partial charge in [-0.15, -0.1) is 0 Å². The molecule has 1 fully saturated rings. The van der Waals surface area contributed by atoms with Gasteiger partial charge >= 0.3 is 0 Å². The van der Waals surface area contributed by atoms with Crippen LogP contribution in [-0.2, 0) is 0 Å². The van der Waals surface area contributed by atoms with E-state index in [-0.39, 0.29) is 17.5 Å². The van der Waals surface area contributed by atoms with Gasteiger partial charge in [-0.1, -0.05) is 18.2 Å². The molecule has 1 aliphatic heterocycles. The van der Waals surface area contributed by atoms with Crippen LogP contribution in [0.4, 0.5) is 0 Å². The van der Waals surface area contributed by atoms with Crippen LogP contribution in [0.2, 0.25) is 0 Å². The summed E-state index contributed by atoms with van der Waals surface area (Å²) in [5, 5.41) is 4.05. The molecule has 0 radical (unpaired) electrons. The van der Waals surface area contributed by atoms with Crippen LogP contribution in [0.15, 0.2) is 35.1 Å². The van der Waals surface area contributed by atoms with Crippen molar-refractivity contribution in [2.75, 3.05) is 19.6 Å². The van der Waals surface area contributed by atoms with E-state index in [1.54, 1.807) is 0 Å². The third-order valence-corrected chi connectivity index (χ3v) is 3.74. The fraction of sp³-hybridized carbons (Fsp3) is 0.333. The van der Waals surface area contributed by atoms with Gasteiger partial charge in [0.05, 0.1) is 5.56 Å². The first kappa shape index (κ1) is 12.9. The number of hydrogen-bond donors (Lipinski definition) is 2. The summed E-state index contributed by atoms with van der Waals surface area (Å²) < 4.78 is 0. The summed E-state index contributed by atoms with van der Waals surface area (Å²) in [5.41, 5.74) is 0.944. The molecule has 0 spiro atoms. The highest BCUT2D eigenvalue weighted by Crippen LogP contribution is 2.18. The molecule has 2 heterocycles. The number of amides is 1. The second-order valence-corrected chi connectivity index (χ2v) is 5.14. The van der Waals surface area contributed by atoms with Gasteiger partial charge in [-0.3, -0.25) is 9.59 Å². The van der Waals surface area contributed by atoms with Crippen molar-refractivity contribution in [3.8, 4) is 0 Å². The van der Waals surface area contributed by atoms with E-state index in [1.165, 1.54) is 6.07 Å². The molecule has 0 bridgehead atoms. The van der Waals surface area contributed by atoms with Crippen molar-refractivity contribution in [2.24, 2.45) is 0 Å². The molecule has 3 rings (SSSR count). The fourth-order valence-corrected chi connectivity index (χ4v) is 2.68. The average molecular weight is 271 g/mol. The normalized spacial score (nSPS) is 19.2. The lowest BCUT2D eigenvalue weighted by Gasteiger charge is -2.34. The molecule has 104 valence electrons. The van der Waals surface area contributed by atoms with Crippen molar-refractivity contribution in [3.05, 3.63) is 46.2 Å². The van der Waals surface area contributed by atoms with Crippen LogP contribution in [0.3, 0.4) is 0 Å². The van der Waals surface area contributed by atoms with E-state index in [0.717, 1.165) is 18.5 Å². The van der Waals surface area contributed by atoms with Gasteiger partial charge in [-0.25, -0.2) is 0 Å². The third kappa shape index (κ3) is 2.20. The fourth-order valence-electron chi connectivity index (χ4n) is 2.68. The molecule has 1 atom stereocenters. The number of benzene rings is 1. The predicted molar refractivity (Wildman–Crippen MR) is 77.9 cm³/mol. The molecule has 1 aromatic carbocycles. The molecule has 1 unspecified atom stereocenters. The van der Waals surface area contributed by atoms with Crippen LogP contribution in [0.25, 0.3) is 10.9 Å². The first-order valence-electron chi connectivity index (χ1n) is 6.80. The highest BCUT2D eigenvalue weighted by Gasteiger charge is 2.25. The monoisotopic (exact) mass is 271 g/mol. The van der Waals surface area contributed by atoms with Crippen LogP contribution in [0.5, 0.6) is 0 Å². The molecule has 0 aliphatic carbocycles. The standard InChI is InChI=1S/C15H17N3O2/c1-10-9-16-6-7-18(10)15(20)12-8-14(19)17-13-5-3-2-4-11(12)13/h2-5,8,10,16H,6-7,9H2,1H3,(H,17,19). The Morgan fingerprint density at radius 2 is 2.15 bits per heavy atom. The number of carbonyl (C=O) groups is 1. The zero-order valence-electron chi connectivity index (χ0n) is 11.3. The van der Waals surface area contributed by atoms with Crippen LogP contribution in [0.1, 0.15) is 17.3 Å². The van der Waals surface area contributed by atoms with Gasteiger partial charge in [-0.2, -0.15) is 0 Å². The molecule has 20 heavy (non-hydrogen) atoms. The van der Waals surface area contributed by atoms with Gasteiger partial charge in [0.15, 0.2) is 0 Å². The predicted octanol–water partition coefficient (Wildman–Crippen LogP) is 0.962. The number of nitrogens with one attached hydrogen (secondary N) is 2. The number of para-hydroxylation sites is 1. The average Bonchev–Trinajstić information content (AvgIpc) is 2.46. The van der Waals surface area contributed by atoms with Gasteiger partial charge in [0, 0.05) is 42.6 Å². The molecule has 1 aromatic heterocycles. The smallest absolute Gasteiger partial charge is 0.255 e. The van der Waals surface area contributed by atoms with E-state index in [9.17, 15) is 9.59 Å². The molecule has 2 aromatic rings. The topological polar surface area (TPSA) is 65.2 Å². The Morgan fingerprint density at radius 1 is 1.35 bits per heavy atom. The number of hydrogen-bond acceptors (Lipinski definition) is 3. The Balaban J connectivity index is 2.09. The lowest BCUT2D eigenvalue weighted by molar-refractivity contribution is 0.0657. The molecule has 1 saturated heterocycles. The van der Waals surface area contributed by atoms with Crippen molar-refractivity contribution in [1.29, 1.82) is 0 Å². The summed E-state index contributed by atoms with van der Waals surface area (Å²) in [6, 6.07) is 8.94. The van der Waals surface area contributed by atoms with E-state index in [4.69, 9.17) is 0 Å². The Hall–Kier alpha value is -2.14. The maximum Gasteiger partial charge on any atom is 0.255 e. The number of rotatable bonds is 1. The third-order valence-electron chi connectivity index (χ3n) is 3.74. The van der Waals surface area contributed by atoms with E-state index in [0.29, 0.717) is 17.6 Å². The number of nitrogens with zero attached hydrogens (tertiary/aromatic N) is 1. The summed E-state index contributed by atoms with van der Waals surface area (Å²) in [6.07, 6.45) is 0. The van der Waals surface area contributed by atoms with Crippen molar-refractivity contribution in [3.63, 3.8) is 0 Å². The number of aromatic nitrogens is 1. The summed E-state index contributed by atoms with van der Waals surface area (Å²) >= 11 is 0. The number of piperazine rings is 1. The summed E-state index contributed by atoms with van der Waals surface area (Å²) in [5.74, 6) is -0.0682.